The Hall–Kier alpha value is -1.40. The molecule has 0 aliphatic rings. The van der Waals surface area contributed by atoms with Crippen LogP contribution in [-0.4, -0.2) is 25.0 Å². The smallest absolute Gasteiger partial charge is 0.224 e. The highest BCUT2D eigenvalue weighted by Gasteiger charge is 2.10. The summed E-state index contributed by atoms with van der Waals surface area (Å²) in [5.41, 5.74) is 1.15. The van der Waals surface area contributed by atoms with Crippen molar-refractivity contribution in [3.63, 3.8) is 0 Å². The summed E-state index contributed by atoms with van der Waals surface area (Å²) in [5, 5.41) is 5.48. The average molecular weight is 343 g/mol. The lowest BCUT2D eigenvalue weighted by Gasteiger charge is -2.13. The summed E-state index contributed by atoms with van der Waals surface area (Å²) in [4.78, 5) is 23.0. The van der Waals surface area contributed by atoms with Gasteiger partial charge in [0.15, 0.2) is 0 Å². The van der Waals surface area contributed by atoms with Gasteiger partial charge in [0.2, 0.25) is 11.8 Å². The number of ether oxygens (including phenoxy) is 1. The summed E-state index contributed by atoms with van der Waals surface area (Å²) in [6.07, 6.45) is 1.05. The molecule has 1 aromatic rings. The van der Waals surface area contributed by atoms with Gasteiger partial charge in [-0.25, -0.2) is 0 Å². The molecule has 0 radical (unpaired) electrons. The number of anilines is 2. The monoisotopic (exact) mass is 342 g/mol. The second kappa shape index (κ2) is 8.01. The van der Waals surface area contributed by atoms with Gasteiger partial charge in [0.05, 0.1) is 17.5 Å². The van der Waals surface area contributed by atoms with E-state index in [1.54, 1.807) is 25.3 Å². The molecule has 0 saturated heterocycles. The Kier molecular flexibility index (Phi) is 6.67. The number of carbonyl (C=O) groups excluding carboxylic acids is 2. The third-order valence-corrected chi connectivity index (χ3v) is 3.24. The van der Waals surface area contributed by atoms with Crippen molar-refractivity contribution in [2.24, 2.45) is 0 Å². The van der Waals surface area contributed by atoms with Gasteiger partial charge in [-0.2, -0.15) is 0 Å². The molecule has 0 aromatic heterocycles. The maximum absolute atomic E-state index is 11.9. The second-order valence-electron chi connectivity index (χ2n) is 4.50. The number of hydrogen-bond donors (Lipinski definition) is 2. The average Bonchev–Trinajstić information content (AvgIpc) is 2.38. The van der Waals surface area contributed by atoms with Crippen LogP contribution in [0.5, 0.6) is 0 Å². The first kappa shape index (κ1) is 16.7. The molecule has 20 heavy (non-hydrogen) atoms. The van der Waals surface area contributed by atoms with Crippen LogP contribution >= 0.6 is 15.9 Å². The molecule has 1 rings (SSSR count). The molecular weight excluding hydrogens is 324 g/mol. The highest BCUT2D eigenvalue weighted by Crippen LogP contribution is 2.26. The standard InChI is InChI=1S/C14H19BrN2O3/c1-9(20-3)4-7-14(19)17-13-8-11(15)5-6-12(13)16-10(2)18/h5-6,8-9H,4,7H2,1-3H3,(H,16,18)(H,17,19). The molecule has 2 N–H and O–H groups in total. The number of benzene rings is 1. The summed E-state index contributed by atoms with van der Waals surface area (Å²) in [6, 6.07) is 5.29. The normalized spacial score (nSPS) is 11.8. The van der Waals surface area contributed by atoms with E-state index < -0.39 is 0 Å². The van der Waals surface area contributed by atoms with Gasteiger partial charge >= 0.3 is 0 Å². The van der Waals surface area contributed by atoms with E-state index >= 15 is 0 Å². The van der Waals surface area contributed by atoms with Gasteiger partial charge in [0, 0.05) is 24.9 Å². The molecule has 0 fully saturated rings. The molecule has 1 unspecified atom stereocenters. The molecule has 0 heterocycles. The van der Waals surface area contributed by atoms with Gasteiger partial charge in [0.1, 0.15) is 0 Å². The minimum absolute atomic E-state index is 0.0399. The van der Waals surface area contributed by atoms with E-state index in [0.29, 0.717) is 24.2 Å². The van der Waals surface area contributed by atoms with Gasteiger partial charge in [-0.05, 0) is 31.5 Å². The number of carbonyl (C=O) groups is 2. The molecule has 0 aliphatic carbocycles. The number of hydrogen-bond acceptors (Lipinski definition) is 3. The number of rotatable bonds is 6. The van der Waals surface area contributed by atoms with E-state index in [1.165, 1.54) is 6.92 Å². The Morgan fingerprint density at radius 1 is 1.30 bits per heavy atom. The molecule has 0 spiro atoms. The van der Waals surface area contributed by atoms with Crippen LogP contribution in [0.3, 0.4) is 0 Å². The number of methoxy groups -OCH3 is 1. The Morgan fingerprint density at radius 2 is 2.00 bits per heavy atom. The highest BCUT2D eigenvalue weighted by molar-refractivity contribution is 9.10. The van der Waals surface area contributed by atoms with Gasteiger partial charge in [-0.15, -0.1) is 0 Å². The van der Waals surface area contributed by atoms with Gasteiger partial charge in [-0.3, -0.25) is 9.59 Å². The fourth-order valence-electron chi connectivity index (χ4n) is 1.58. The Bertz CT molecular complexity index is 491. The molecule has 5 nitrogen and oxygen atoms in total. The van der Waals surface area contributed by atoms with Crippen molar-refractivity contribution in [2.75, 3.05) is 17.7 Å². The zero-order chi connectivity index (χ0) is 15.1. The second-order valence-corrected chi connectivity index (χ2v) is 5.42. The van der Waals surface area contributed by atoms with Crippen LogP contribution in [0.2, 0.25) is 0 Å². The van der Waals surface area contributed by atoms with Crippen molar-refractivity contribution in [1.82, 2.24) is 0 Å². The molecule has 110 valence electrons. The quantitative estimate of drug-likeness (QED) is 0.834. The molecule has 1 atom stereocenters. The first-order valence-electron chi connectivity index (χ1n) is 6.32. The highest BCUT2D eigenvalue weighted by atomic mass is 79.9. The molecular formula is C14H19BrN2O3. The molecule has 0 aliphatic heterocycles. The molecule has 2 amide bonds. The summed E-state index contributed by atoms with van der Waals surface area (Å²) in [7, 11) is 1.62. The fraction of sp³-hybridized carbons (Fsp3) is 0.429. The lowest BCUT2D eigenvalue weighted by molar-refractivity contribution is -0.117. The van der Waals surface area contributed by atoms with Crippen LogP contribution in [-0.2, 0) is 14.3 Å². The maximum Gasteiger partial charge on any atom is 0.224 e. The topological polar surface area (TPSA) is 67.4 Å². The van der Waals surface area contributed by atoms with Crippen LogP contribution in [0.15, 0.2) is 22.7 Å². The molecule has 0 bridgehead atoms. The predicted octanol–water partition coefficient (Wildman–Crippen LogP) is 3.16. The Labute approximate surface area is 127 Å². The van der Waals surface area contributed by atoms with Crippen LogP contribution in [0, 0.1) is 0 Å². The zero-order valence-electron chi connectivity index (χ0n) is 11.8. The van der Waals surface area contributed by atoms with E-state index in [0.717, 1.165) is 4.47 Å². The van der Waals surface area contributed by atoms with Crippen LogP contribution in [0.4, 0.5) is 11.4 Å². The van der Waals surface area contributed by atoms with Crippen molar-refractivity contribution in [3.8, 4) is 0 Å². The van der Waals surface area contributed by atoms with E-state index in [1.807, 2.05) is 6.92 Å². The van der Waals surface area contributed by atoms with Crippen molar-refractivity contribution >= 4 is 39.1 Å². The minimum atomic E-state index is -0.184. The lowest BCUT2D eigenvalue weighted by Crippen LogP contribution is -2.17. The first-order valence-corrected chi connectivity index (χ1v) is 7.11. The van der Waals surface area contributed by atoms with Gasteiger partial charge in [0.25, 0.3) is 0 Å². The largest absolute Gasteiger partial charge is 0.382 e. The lowest BCUT2D eigenvalue weighted by atomic mass is 10.2. The third kappa shape index (κ3) is 5.71. The number of amides is 2. The summed E-state index contributed by atoms with van der Waals surface area (Å²) >= 11 is 3.34. The van der Waals surface area contributed by atoms with Gasteiger partial charge < -0.3 is 15.4 Å². The predicted molar refractivity (Wildman–Crippen MR) is 82.8 cm³/mol. The summed E-state index contributed by atoms with van der Waals surface area (Å²) in [5.74, 6) is -0.297. The third-order valence-electron chi connectivity index (χ3n) is 2.75. The SMILES string of the molecule is COC(C)CCC(=O)Nc1cc(Br)ccc1NC(C)=O. The summed E-state index contributed by atoms with van der Waals surface area (Å²) < 4.78 is 5.93. The maximum atomic E-state index is 11.9. The minimum Gasteiger partial charge on any atom is -0.382 e. The molecule has 1 aromatic carbocycles. The molecule has 0 saturated carbocycles. The van der Waals surface area contributed by atoms with Gasteiger partial charge in [-0.1, -0.05) is 15.9 Å². The number of halogens is 1. The van der Waals surface area contributed by atoms with Crippen LogP contribution in [0.25, 0.3) is 0 Å². The number of nitrogens with one attached hydrogen (secondary N) is 2. The fourth-order valence-corrected chi connectivity index (χ4v) is 1.94. The van der Waals surface area contributed by atoms with Crippen LogP contribution in [0.1, 0.15) is 26.7 Å². The summed E-state index contributed by atoms with van der Waals surface area (Å²) in [6.45, 7) is 3.34. The first-order chi connectivity index (χ1) is 9.42. The van der Waals surface area contributed by atoms with Crippen molar-refractivity contribution in [2.45, 2.75) is 32.8 Å². The van der Waals surface area contributed by atoms with Crippen LogP contribution < -0.4 is 10.6 Å². The van der Waals surface area contributed by atoms with Crippen molar-refractivity contribution < 1.29 is 14.3 Å². The van der Waals surface area contributed by atoms with Crippen molar-refractivity contribution in [1.29, 1.82) is 0 Å². The van der Waals surface area contributed by atoms with E-state index in [2.05, 4.69) is 26.6 Å². The van der Waals surface area contributed by atoms with Crippen molar-refractivity contribution in [3.05, 3.63) is 22.7 Å². The Balaban J connectivity index is 2.72. The Morgan fingerprint density at radius 3 is 2.60 bits per heavy atom. The molecule has 6 heteroatoms. The zero-order valence-corrected chi connectivity index (χ0v) is 13.4. The van der Waals surface area contributed by atoms with E-state index in [4.69, 9.17) is 4.74 Å². The van der Waals surface area contributed by atoms with E-state index in [-0.39, 0.29) is 17.9 Å². The van der Waals surface area contributed by atoms with E-state index in [9.17, 15) is 9.59 Å².